The van der Waals surface area contributed by atoms with Gasteiger partial charge in [-0.1, -0.05) is 59.9 Å². The smallest absolute Gasteiger partial charge is 0.157 e. The molecule has 0 aromatic heterocycles. The normalized spacial score (nSPS) is 20.5. The molecule has 0 amide bonds. The number of hydrogen-bond donors (Lipinski definition) is 0. The molecule has 0 bridgehead atoms. The highest BCUT2D eigenvalue weighted by atomic mass is 28.3. The molecule has 1 unspecified atom stereocenters. The van der Waals surface area contributed by atoms with E-state index in [4.69, 9.17) is 9.47 Å². The molecular formula is C18H28O2Si. The first-order valence-corrected chi connectivity index (χ1v) is 11.1. The van der Waals surface area contributed by atoms with Crippen molar-refractivity contribution in [1.82, 2.24) is 0 Å². The van der Waals surface area contributed by atoms with Crippen LogP contribution >= 0.6 is 0 Å². The predicted molar refractivity (Wildman–Crippen MR) is 91.5 cm³/mol. The zero-order chi connectivity index (χ0) is 15.1. The van der Waals surface area contributed by atoms with Crippen LogP contribution in [0.2, 0.25) is 13.1 Å². The summed E-state index contributed by atoms with van der Waals surface area (Å²) in [5, 5.41) is 1.49. The summed E-state index contributed by atoms with van der Waals surface area (Å²) >= 11 is 0. The summed E-state index contributed by atoms with van der Waals surface area (Å²) in [6.07, 6.45) is 4.49. The molecule has 1 atom stereocenters. The standard InChI is InChI=1S/C18H28O2Si/c1-16(12-14-20-18-11-7-8-13-19-18)15-21(2,3)17-9-5-4-6-10-17/h4-6,9-10,15,18H,7-8,11-14H2,1-3H3/b16-15+. The lowest BCUT2D eigenvalue weighted by Gasteiger charge is -2.23. The Balaban J connectivity index is 1.82. The summed E-state index contributed by atoms with van der Waals surface area (Å²) in [4.78, 5) is 0. The Labute approximate surface area is 130 Å². The lowest BCUT2D eigenvalue weighted by Crippen LogP contribution is -2.39. The summed E-state index contributed by atoms with van der Waals surface area (Å²) in [6.45, 7) is 8.65. The number of benzene rings is 1. The van der Waals surface area contributed by atoms with Crippen LogP contribution in [0.5, 0.6) is 0 Å². The summed E-state index contributed by atoms with van der Waals surface area (Å²) in [6, 6.07) is 10.9. The highest BCUT2D eigenvalue weighted by molar-refractivity contribution is 6.94. The van der Waals surface area contributed by atoms with Crippen LogP contribution < -0.4 is 5.19 Å². The van der Waals surface area contributed by atoms with E-state index in [1.165, 1.54) is 23.6 Å². The van der Waals surface area contributed by atoms with E-state index in [-0.39, 0.29) is 6.29 Å². The Bertz CT molecular complexity index is 448. The minimum Gasteiger partial charge on any atom is -0.353 e. The van der Waals surface area contributed by atoms with Crippen LogP contribution in [-0.4, -0.2) is 27.6 Å². The average Bonchev–Trinajstić information content (AvgIpc) is 2.49. The van der Waals surface area contributed by atoms with E-state index in [1.807, 2.05) is 0 Å². The number of rotatable bonds is 6. The van der Waals surface area contributed by atoms with Gasteiger partial charge in [-0.3, -0.25) is 0 Å². The van der Waals surface area contributed by atoms with Gasteiger partial charge in [-0.25, -0.2) is 0 Å². The predicted octanol–water partition coefficient (Wildman–Crippen LogP) is 4.02. The molecule has 1 saturated heterocycles. The van der Waals surface area contributed by atoms with Crippen LogP contribution in [0.1, 0.15) is 32.6 Å². The molecule has 0 N–H and O–H groups in total. The van der Waals surface area contributed by atoms with Gasteiger partial charge in [-0.15, -0.1) is 0 Å². The third kappa shape index (κ3) is 5.42. The Morgan fingerprint density at radius 2 is 2.05 bits per heavy atom. The van der Waals surface area contributed by atoms with E-state index in [2.05, 4.69) is 56.0 Å². The van der Waals surface area contributed by atoms with Gasteiger partial charge in [-0.2, -0.15) is 0 Å². The van der Waals surface area contributed by atoms with Crippen LogP contribution in [0.4, 0.5) is 0 Å². The third-order valence-corrected chi connectivity index (χ3v) is 7.10. The van der Waals surface area contributed by atoms with Crippen LogP contribution in [-0.2, 0) is 9.47 Å². The van der Waals surface area contributed by atoms with Crippen molar-refractivity contribution in [2.24, 2.45) is 0 Å². The zero-order valence-corrected chi connectivity index (χ0v) is 14.6. The molecule has 116 valence electrons. The number of hydrogen-bond acceptors (Lipinski definition) is 2. The van der Waals surface area contributed by atoms with Gasteiger partial charge in [0.1, 0.15) is 8.07 Å². The third-order valence-electron chi connectivity index (χ3n) is 4.06. The van der Waals surface area contributed by atoms with Crippen molar-refractivity contribution in [2.45, 2.75) is 52.0 Å². The van der Waals surface area contributed by atoms with Crippen LogP contribution in [0.25, 0.3) is 0 Å². The minimum absolute atomic E-state index is 0.0333. The molecule has 1 aliphatic rings. The molecule has 3 heteroatoms. The minimum atomic E-state index is -1.48. The van der Waals surface area contributed by atoms with Gasteiger partial charge in [-0.05, 0) is 32.6 Å². The highest BCUT2D eigenvalue weighted by Gasteiger charge is 2.20. The fraction of sp³-hybridized carbons (Fsp3) is 0.556. The monoisotopic (exact) mass is 304 g/mol. The second-order valence-corrected chi connectivity index (χ2v) is 10.8. The molecule has 2 nitrogen and oxygen atoms in total. The summed E-state index contributed by atoms with van der Waals surface area (Å²) in [5.74, 6) is 0. The SMILES string of the molecule is C/C(=C\[Si](C)(C)c1ccccc1)CCOC1CCCCO1. The van der Waals surface area contributed by atoms with E-state index in [9.17, 15) is 0 Å². The molecule has 0 spiro atoms. The Morgan fingerprint density at radius 1 is 1.29 bits per heavy atom. The van der Waals surface area contributed by atoms with Gasteiger partial charge in [0.2, 0.25) is 0 Å². The lowest BCUT2D eigenvalue weighted by atomic mass is 10.2. The Hall–Kier alpha value is -0.903. The van der Waals surface area contributed by atoms with Crippen LogP contribution in [0.15, 0.2) is 41.6 Å². The molecule has 0 aliphatic carbocycles. The Morgan fingerprint density at radius 3 is 2.71 bits per heavy atom. The van der Waals surface area contributed by atoms with Gasteiger partial charge in [0, 0.05) is 6.61 Å². The van der Waals surface area contributed by atoms with E-state index in [0.717, 1.165) is 26.1 Å². The molecule has 1 aliphatic heterocycles. The van der Waals surface area contributed by atoms with Crippen molar-refractivity contribution in [1.29, 1.82) is 0 Å². The quantitative estimate of drug-likeness (QED) is 0.739. The van der Waals surface area contributed by atoms with Gasteiger partial charge in [0.15, 0.2) is 6.29 Å². The van der Waals surface area contributed by atoms with Gasteiger partial charge in [0.25, 0.3) is 0 Å². The van der Waals surface area contributed by atoms with Crippen molar-refractivity contribution >= 4 is 13.3 Å². The molecule has 1 aromatic rings. The zero-order valence-electron chi connectivity index (χ0n) is 13.6. The second-order valence-electron chi connectivity index (χ2n) is 6.50. The summed E-state index contributed by atoms with van der Waals surface area (Å²) < 4.78 is 11.4. The average molecular weight is 305 g/mol. The maximum absolute atomic E-state index is 5.83. The van der Waals surface area contributed by atoms with Crippen molar-refractivity contribution in [3.05, 3.63) is 41.6 Å². The lowest BCUT2D eigenvalue weighted by molar-refractivity contribution is -0.161. The van der Waals surface area contributed by atoms with E-state index in [1.54, 1.807) is 0 Å². The molecule has 1 aromatic carbocycles. The van der Waals surface area contributed by atoms with Gasteiger partial charge in [0.05, 0.1) is 6.61 Å². The summed E-state index contributed by atoms with van der Waals surface area (Å²) in [5.41, 5.74) is 3.93. The van der Waals surface area contributed by atoms with E-state index >= 15 is 0 Å². The topological polar surface area (TPSA) is 18.5 Å². The molecule has 1 heterocycles. The molecule has 0 saturated carbocycles. The highest BCUT2D eigenvalue weighted by Crippen LogP contribution is 2.15. The van der Waals surface area contributed by atoms with E-state index < -0.39 is 8.07 Å². The fourth-order valence-electron chi connectivity index (χ4n) is 2.83. The Kier molecular flexibility index (Phi) is 6.21. The first-order valence-electron chi connectivity index (χ1n) is 8.05. The van der Waals surface area contributed by atoms with Gasteiger partial charge >= 0.3 is 0 Å². The van der Waals surface area contributed by atoms with Crippen LogP contribution in [0, 0.1) is 0 Å². The first-order chi connectivity index (χ1) is 10.1. The summed E-state index contributed by atoms with van der Waals surface area (Å²) in [7, 11) is -1.48. The molecule has 2 rings (SSSR count). The van der Waals surface area contributed by atoms with E-state index in [0.29, 0.717) is 0 Å². The second kappa shape index (κ2) is 7.92. The maximum Gasteiger partial charge on any atom is 0.157 e. The molecule has 1 fully saturated rings. The molecular weight excluding hydrogens is 276 g/mol. The van der Waals surface area contributed by atoms with Crippen molar-refractivity contribution in [3.8, 4) is 0 Å². The largest absolute Gasteiger partial charge is 0.353 e. The molecule has 21 heavy (non-hydrogen) atoms. The van der Waals surface area contributed by atoms with Crippen LogP contribution in [0.3, 0.4) is 0 Å². The van der Waals surface area contributed by atoms with Crippen molar-refractivity contribution in [2.75, 3.05) is 13.2 Å². The number of ether oxygens (including phenoxy) is 2. The van der Waals surface area contributed by atoms with Crippen molar-refractivity contribution < 1.29 is 9.47 Å². The maximum atomic E-state index is 5.83. The molecule has 0 radical (unpaired) electrons. The van der Waals surface area contributed by atoms with Gasteiger partial charge < -0.3 is 9.47 Å². The fourth-order valence-corrected chi connectivity index (χ4v) is 5.43. The first kappa shape index (κ1) is 16.5. The van der Waals surface area contributed by atoms with Crippen molar-refractivity contribution in [3.63, 3.8) is 0 Å².